The summed E-state index contributed by atoms with van der Waals surface area (Å²) >= 11 is 1.42. The molecule has 2 bridgehead atoms. The molecule has 7 nitrogen and oxygen atoms in total. The summed E-state index contributed by atoms with van der Waals surface area (Å²) in [5.41, 5.74) is -1.15. The number of hydrogen-bond acceptors (Lipinski definition) is 8. The van der Waals surface area contributed by atoms with Gasteiger partial charge in [-0.1, -0.05) is 0 Å². The van der Waals surface area contributed by atoms with E-state index >= 15 is 0 Å². The lowest BCUT2D eigenvalue weighted by atomic mass is 10.1. The predicted molar refractivity (Wildman–Crippen MR) is 109 cm³/mol. The molecule has 1 aromatic carbocycles. The van der Waals surface area contributed by atoms with Gasteiger partial charge in [0.1, 0.15) is 10.5 Å². The predicted octanol–water partition coefficient (Wildman–Crippen LogP) is 3.63. The molecule has 10 heteroatoms. The fourth-order valence-electron chi connectivity index (χ4n) is 3.93. The molecule has 2 unspecified atom stereocenters. The number of fused-ring (bicyclic) bond motifs is 3. The highest BCUT2D eigenvalue weighted by Gasteiger charge is 2.49. The molecule has 0 saturated carbocycles. The lowest BCUT2D eigenvalue weighted by Gasteiger charge is -2.31. The average Bonchev–Trinajstić information content (AvgIpc) is 3.41. The van der Waals surface area contributed by atoms with Gasteiger partial charge in [-0.25, -0.2) is 4.98 Å². The minimum Gasteiger partial charge on any atom is -0.426 e. The number of oxazole rings is 1. The van der Waals surface area contributed by atoms with Gasteiger partial charge in [0.15, 0.2) is 16.9 Å². The fraction of sp³-hybridized carbons (Fsp3) is 0.500. The molecular weight excluding hydrogens is 414 g/mol. The van der Waals surface area contributed by atoms with Crippen molar-refractivity contribution >= 4 is 28.5 Å². The maximum atomic E-state index is 14.4. The maximum absolute atomic E-state index is 14.4. The molecule has 3 aromatic rings. The molecular formula is C20H22F2N4O3S. The van der Waals surface area contributed by atoms with Crippen molar-refractivity contribution in [1.29, 1.82) is 0 Å². The SMILES string of the molecule is CC(C)(O)C(F)(F)Oc1ccc(-c2nccs2)c2nc(N3CC4CCC(C3)N4)oc12. The molecule has 2 atom stereocenters. The van der Waals surface area contributed by atoms with Gasteiger partial charge in [0.25, 0.3) is 6.01 Å². The number of aliphatic hydroxyl groups is 1. The Bertz CT molecular complexity index is 1050. The zero-order valence-corrected chi connectivity index (χ0v) is 17.4. The van der Waals surface area contributed by atoms with Crippen molar-refractivity contribution in [3.8, 4) is 16.3 Å². The molecule has 0 amide bonds. The first kappa shape index (κ1) is 19.7. The summed E-state index contributed by atoms with van der Waals surface area (Å²) < 4.78 is 39.8. The summed E-state index contributed by atoms with van der Waals surface area (Å²) in [6.45, 7) is 3.48. The molecule has 2 aromatic heterocycles. The number of halogens is 2. The molecule has 2 saturated heterocycles. The monoisotopic (exact) mass is 436 g/mol. The van der Waals surface area contributed by atoms with E-state index in [2.05, 4.69) is 15.3 Å². The van der Waals surface area contributed by atoms with Crippen LogP contribution in [0.1, 0.15) is 26.7 Å². The van der Waals surface area contributed by atoms with E-state index in [0.29, 0.717) is 34.2 Å². The fourth-order valence-corrected chi connectivity index (χ4v) is 4.60. The second-order valence-electron chi connectivity index (χ2n) is 8.34. The van der Waals surface area contributed by atoms with Crippen molar-refractivity contribution in [3.05, 3.63) is 23.7 Å². The number of anilines is 1. The summed E-state index contributed by atoms with van der Waals surface area (Å²) in [7, 11) is 0. The van der Waals surface area contributed by atoms with Crippen LogP contribution in [0.4, 0.5) is 14.8 Å². The molecule has 2 aliphatic rings. The Labute approximate surface area is 175 Å². The molecule has 30 heavy (non-hydrogen) atoms. The zero-order valence-electron chi connectivity index (χ0n) is 16.6. The number of aromatic nitrogens is 2. The number of thiazole rings is 1. The maximum Gasteiger partial charge on any atom is 0.426 e. The van der Waals surface area contributed by atoms with E-state index in [1.54, 1.807) is 12.3 Å². The van der Waals surface area contributed by atoms with Crippen LogP contribution < -0.4 is 15.0 Å². The first-order chi connectivity index (χ1) is 14.2. The Balaban J connectivity index is 1.60. The van der Waals surface area contributed by atoms with E-state index in [-0.39, 0.29) is 11.3 Å². The highest BCUT2D eigenvalue weighted by atomic mass is 32.1. The molecule has 4 heterocycles. The van der Waals surface area contributed by atoms with Crippen LogP contribution >= 0.6 is 11.3 Å². The van der Waals surface area contributed by atoms with Gasteiger partial charge in [-0.2, -0.15) is 13.8 Å². The van der Waals surface area contributed by atoms with Crippen LogP contribution in [0.5, 0.6) is 5.75 Å². The van der Waals surface area contributed by atoms with Crippen molar-refractivity contribution in [2.24, 2.45) is 0 Å². The van der Waals surface area contributed by atoms with Crippen LogP contribution in [-0.4, -0.2) is 52.0 Å². The minimum atomic E-state index is -3.82. The van der Waals surface area contributed by atoms with Gasteiger partial charge in [-0.05, 0) is 38.8 Å². The molecule has 2 N–H and O–H groups in total. The summed E-state index contributed by atoms with van der Waals surface area (Å²) in [4.78, 5) is 11.0. The minimum absolute atomic E-state index is 0.118. The van der Waals surface area contributed by atoms with Crippen molar-refractivity contribution in [1.82, 2.24) is 15.3 Å². The van der Waals surface area contributed by atoms with Crippen molar-refractivity contribution in [2.75, 3.05) is 18.0 Å². The Hall–Kier alpha value is -2.30. The smallest absolute Gasteiger partial charge is 0.426 e. The Kier molecular flexibility index (Phi) is 4.49. The van der Waals surface area contributed by atoms with Crippen LogP contribution in [0.2, 0.25) is 0 Å². The second-order valence-corrected chi connectivity index (χ2v) is 9.24. The van der Waals surface area contributed by atoms with E-state index in [1.165, 1.54) is 17.4 Å². The lowest BCUT2D eigenvalue weighted by molar-refractivity contribution is -0.275. The number of alkyl halides is 2. The van der Waals surface area contributed by atoms with Gasteiger partial charge in [0.05, 0.1) is 0 Å². The van der Waals surface area contributed by atoms with E-state index in [4.69, 9.17) is 9.15 Å². The molecule has 2 fully saturated rings. The molecule has 0 radical (unpaired) electrons. The summed E-state index contributed by atoms with van der Waals surface area (Å²) in [6.07, 6.45) is 0.0489. The van der Waals surface area contributed by atoms with Crippen LogP contribution in [0, 0.1) is 0 Å². The number of piperazine rings is 1. The largest absolute Gasteiger partial charge is 0.426 e. The quantitative estimate of drug-likeness (QED) is 0.632. The highest BCUT2D eigenvalue weighted by Crippen LogP contribution is 2.41. The van der Waals surface area contributed by atoms with Crippen LogP contribution in [0.3, 0.4) is 0 Å². The van der Waals surface area contributed by atoms with Crippen LogP contribution in [0.25, 0.3) is 21.7 Å². The van der Waals surface area contributed by atoms with Crippen molar-refractivity contribution < 1.29 is 23.0 Å². The third-order valence-electron chi connectivity index (χ3n) is 5.60. The Morgan fingerprint density at radius 2 is 2.00 bits per heavy atom. The normalized spacial score (nSPS) is 22.1. The zero-order chi connectivity index (χ0) is 21.1. The molecule has 0 aliphatic carbocycles. The van der Waals surface area contributed by atoms with Gasteiger partial charge in [0.2, 0.25) is 0 Å². The highest BCUT2D eigenvalue weighted by molar-refractivity contribution is 7.13. The van der Waals surface area contributed by atoms with Gasteiger partial charge in [0, 0.05) is 42.3 Å². The first-order valence-electron chi connectivity index (χ1n) is 9.85. The second kappa shape index (κ2) is 6.86. The van der Waals surface area contributed by atoms with Crippen LogP contribution in [0.15, 0.2) is 28.1 Å². The number of nitrogens with zero attached hydrogens (tertiary/aromatic N) is 3. The molecule has 2 aliphatic heterocycles. The number of benzene rings is 1. The number of rotatable bonds is 5. The standard InChI is InChI=1S/C20H22F2N4O3S/c1-19(2,27)20(21,22)29-14-6-5-13(17-23-7-8-30-17)15-16(14)28-18(25-15)26-9-11-3-4-12(10-26)24-11/h5-8,11-12,24,27H,3-4,9-10H2,1-2H3. The van der Waals surface area contributed by atoms with E-state index in [9.17, 15) is 13.9 Å². The topological polar surface area (TPSA) is 83.7 Å². The summed E-state index contributed by atoms with van der Waals surface area (Å²) in [6, 6.07) is 4.17. The average molecular weight is 436 g/mol. The summed E-state index contributed by atoms with van der Waals surface area (Å²) in [5.74, 6) is -0.172. The van der Waals surface area contributed by atoms with Gasteiger partial charge in [-0.15, -0.1) is 11.3 Å². The Morgan fingerprint density at radius 3 is 2.63 bits per heavy atom. The van der Waals surface area contributed by atoms with E-state index < -0.39 is 11.7 Å². The van der Waals surface area contributed by atoms with E-state index in [0.717, 1.165) is 39.8 Å². The molecule has 160 valence electrons. The first-order valence-corrected chi connectivity index (χ1v) is 10.7. The van der Waals surface area contributed by atoms with Crippen molar-refractivity contribution in [2.45, 2.75) is 50.5 Å². The van der Waals surface area contributed by atoms with Gasteiger partial charge < -0.3 is 24.5 Å². The molecule has 5 rings (SSSR count). The van der Waals surface area contributed by atoms with Gasteiger partial charge in [-0.3, -0.25) is 0 Å². The number of hydrogen-bond donors (Lipinski definition) is 2. The third kappa shape index (κ3) is 3.32. The van der Waals surface area contributed by atoms with E-state index in [1.807, 2.05) is 10.3 Å². The van der Waals surface area contributed by atoms with Crippen molar-refractivity contribution in [3.63, 3.8) is 0 Å². The molecule has 0 spiro atoms. The van der Waals surface area contributed by atoms with Gasteiger partial charge >= 0.3 is 6.11 Å². The number of ether oxygens (including phenoxy) is 1. The lowest BCUT2D eigenvalue weighted by Crippen LogP contribution is -2.51. The third-order valence-corrected chi connectivity index (χ3v) is 6.40. The summed E-state index contributed by atoms with van der Waals surface area (Å²) in [5, 5.41) is 15.9. The Morgan fingerprint density at radius 1 is 1.27 bits per heavy atom. The van der Waals surface area contributed by atoms with Crippen LogP contribution in [-0.2, 0) is 0 Å². The number of nitrogens with one attached hydrogen (secondary N) is 1.